The summed E-state index contributed by atoms with van der Waals surface area (Å²) >= 11 is 0. The van der Waals surface area contributed by atoms with Crippen LogP contribution in [0.25, 0.3) is 0 Å². The molecule has 1 aliphatic carbocycles. The molecule has 1 heterocycles. The second kappa shape index (κ2) is 5.38. The number of allylic oxidation sites excluding steroid dienone is 4. The summed E-state index contributed by atoms with van der Waals surface area (Å²) in [5.41, 5.74) is 7.50. The van der Waals surface area contributed by atoms with Crippen LogP contribution in [0.2, 0.25) is 0 Å². The molecule has 0 saturated carbocycles. The van der Waals surface area contributed by atoms with E-state index in [0.717, 1.165) is 19.3 Å². The number of rotatable bonds is 3. The molecule has 4 heteroatoms. The molecule has 0 aromatic carbocycles. The first-order chi connectivity index (χ1) is 8.58. The Morgan fingerprint density at radius 2 is 1.94 bits per heavy atom. The SMILES string of the molecule is CC(C)=CCCC1=CC[C@@H]2C(=O)NNC(=O)[C@@H]2C1. The zero-order valence-electron chi connectivity index (χ0n) is 11.0. The highest BCUT2D eigenvalue weighted by Gasteiger charge is 2.39. The van der Waals surface area contributed by atoms with Crippen molar-refractivity contribution in [1.82, 2.24) is 10.9 Å². The molecule has 0 unspecified atom stereocenters. The van der Waals surface area contributed by atoms with Crippen LogP contribution < -0.4 is 10.9 Å². The Balaban J connectivity index is 1.98. The monoisotopic (exact) mass is 248 g/mol. The van der Waals surface area contributed by atoms with Crippen LogP contribution in [0.5, 0.6) is 0 Å². The van der Waals surface area contributed by atoms with Crippen molar-refractivity contribution in [3.8, 4) is 0 Å². The number of nitrogens with one attached hydrogen (secondary N) is 2. The second-order valence-electron chi connectivity index (χ2n) is 5.31. The van der Waals surface area contributed by atoms with Crippen molar-refractivity contribution in [2.75, 3.05) is 0 Å². The maximum absolute atomic E-state index is 11.7. The van der Waals surface area contributed by atoms with Gasteiger partial charge in [0.05, 0.1) is 11.8 Å². The summed E-state index contributed by atoms with van der Waals surface area (Å²) < 4.78 is 0. The number of carbonyl (C=O) groups excluding carboxylic acids is 2. The van der Waals surface area contributed by atoms with Crippen LogP contribution in [-0.4, -0.2) is 11.8 Å². The molecular formula is C14H20N2O2. The Kier molecular flexibility index (Phi) is 3.84. The van der Waals surface area contributed by atoms with E-state index in [0.29, 0.717) is 6.42 Å². The fourth-order valence-corrected chi connectivity index (χ4v) is 2.59. The third-order valence-corrected chi connectivity index (χ3v) is 3.63. The van der Waals surface area contributed by atoms with Crippen molar-refractivity contribution in [2.45, 2.75) is 39.5 Å². The Hall–Kier alpha value is -1.58. The Morgan fingerprint density at radius 1 is 1.28 bits per heavy atom. The predicted octanol–water partition coefficient (Wildman–Crippen LogP) is 1.85. The number of carbonyl (C=O) groups is 2. The number of hydrogen-bond acceptors (Lipinski definition) is 2. The summed E-state index contributed by atoms with van der Waals surface area (Å²) in [7, 11) is 0. The standard InChI is InChI=1S/C14H20N2O2/c1-9(2)4-3-5-10-6-7-11-12(8-10)14(18)16-15-13(11)17/h4,6,11-12H,3,5,7-8H2,1-2H3,(H,15,17)(H,16,18)/t11-,12+/m0/s1. The van der Waals surface area contributed by atoms with E-state index in [4.69, 9.17) is 0 Å². The first kappa shape index (κ1) is 12.9. The minimum Gasteiger partial charge on any atom is -0.273 e. The highest BCUT2D eigenvalue weighted by atomic mass is 16.2. The molecular weight excluding hydrogens is 228 g/mol. The van der Waals surface area contributed by atoms with E-state index in [1.165, 1.54) is 11.1 Å². The van der Waals surface area contributed by atoms with Gasteiger partial charge in [0.15, 0.2) is 0 Å². The van der Waals surface area contributed by atoms with Gasteiger partial charge >= 0.3 is 0 Å². The van der Waals surface area contributed by atoms with Crippen LogP contribution in [0, 0.1) is 11.8 Å². The average Bonchev–Trinajstić information content (AvgIpc) is 2.34. The number of hydrazine groups is 1. The summed E-state index contributed by atoms with van der Waals surface area (Å²) in [5, 5.41) is 0. The normalized spacial score (nSPS) is 26.7. The highest BCUT2D eigenvalue weighted by Crippen LogP contribution is 2.33. The topological polar surface area (TPSA) is 58.2 Å². The molecule has 2 rings (SSSR count). The van der Waals surface area contributed by atoms with Crippen molar-refractivity contribution in [3.63, 3.8) is 0 Å². The molecule has 4 nitrogen and oxygen atoms in total. The van der Waals surface area contributed by atoms with Crippen molar-refractivity contribution >= 4 is 11.8 Å². The molecule has 98 valence electrons. The van der Waals surface area contributed by atoms with Crippen LogP contribution in [0.1, 0.15) is 39.5 Å². The van der Waals surface area contributed by atoms with E-state index in [1.54, 1.807) is 0 Å². The van der Waals surface area contributed by atoms with Gasteiger partial charge in [-0.05, 0) is 39.5 Å². The molecule has 2 atom stereocenters. The van der Waals surface area contributed by atoms with Crippen molar-refractivity contribution < 1.29 is 9.59 Å². The lowest BCUT2D eigenvalue weighted by atomic mass is 9.77. The number of hydrogen-bond donors (Lipinski definition) is 2. The third kappa shape index (κ3) is 2.81. The first-order valence-corrected chi connectivity index (χ1v) is 6.49. The molecule has 0 spiro atoms. The van der Waals surface area contributed by atoms with E-state index < -0.39 is 0 Å². The Morgan fingerprint density at radius 3 is 2.61 bits per heavy atom. The maximum atomic E-state index is 11.7. The van der Waals surface area contributed by atoms with Crippen LogP contribution in [0.15, 0.2) is 23.3 Å². The van der Waals surface area contributed by atoms with Gasteiger partial charge in [-0.25, -0.2) is 0 Å². The van der Waals surface area contributed by atoms with Crippen LogP contribution in [-0.2, 0) is 9.59 Å². The van der Waals surface area contributed by atoms with E-state index in [2.05, 4.69) is 36.9 Å². The second-order valence-corrected chi connectivity index (χ2v) is 5.31. The first-order valence-electron chi connectivity index (χ1n) is 6.49. The molecule has 0 aromatic rings. The fourth-order valence-electron chi connectivity index (χ4n) is 2.59. The molecule has 1 aliphatic heterocycles. The summed E-state index contributed by atoms with van der Waals surface area (Å²) in [6.45, 7) is 4.18. The number of fused-ring (bicyclic) bond motifs is 1. The molecule has 1 fully saturated rings. The lowest BCUT2D eigenvalue weighted by Crippen LogP contribution is -2.56. The van der Waals surface area contributed by atoms with Crippen LogP contribution in [0.4, 0.5) is 0 Å². The quantitative estimate of drug-likeness (QED) is 0.749. The van der Waals surface area contributed by atoms with Gasteiger partial charge in [0.25, 0.3) is 0 Å². The van der Waals surface area contributed by atoms with Gasteiger partial charge < -0.3 is 0 Å². The van der Waals surface area contributed by atoms with Crippen molar-refractivity contribution in [2.24, 2.45) is 11.8 Å². The Labute approximate surface area is 107 Å². The zero-order valence-corrected chi connectivity index (χ0v) is 11.0. The van der Waals surface area contributed by atoms with Gasteiger partial charge in [-0.15, -0.1) is 0 Å². The van der Waals surface area contributed by atoms with Crippen molar-refractivity contribution in [3.05, 3.63) is 23.3 Å². The molecule has 2 N–H and O–H groups in total. The van der Waals surface area contributed by atoms with Gasteiger partial charge in [0.1, 0.15) is 0 Å². The maximum Gasteiger partial charge on any atom is 0.242 e. The van der Waals surface area contributed by atoms with E-state index in [-0.39, 0.29) is 23.7 Å². The average molecular weight is 248 g/mol. The van der Waals surface area contributed by atoms with Gasteiger partial charge in [-0.3, -0.25) is 20.4 Å². The van der Waals surface area contributed by atoms with Crippen molar-refractivity contribution in [1.29, 1.82) is 0 Å². The molecule has 0 aromatic heterocycles. The lowest BCUT2D eigenvalue weighted by molar-refractivity contribution is -0.143. The summed E-state index contributed by atoms with van der Waals surface area (Å²) in [4.78, 5) is 23.4. The van der Waals surface area contributed by atoms with Crippen LogP contribution in [0.3, 0.4) is 0 Å². The molecule has 18 heavy (non-hydrogen) atoms. The highest BCUT2D eigenvalue weighted by molar-refractivity contribution is 5.93. The summed E-state index contributed by atoms with van der Waals surface area (Å²) in [6.07, 6.45) is 7.76. The number of amides is 2. The Bertz CT molecular complexity index is 420. The van der Waals surface area contributed by atoms with Gasteiger partial charge in [0, 0.05) is 0 Å². The van der Waals surface area contributed by atoms with Crippen LogP contribution >= 0.6 is 0 Å². The largest absolute Gasteiger partial charge is 0.273 e. The minimum atomic E-state index is -0.176. The lowest BCUT2D eigenvalue weighted by Gasteiger charge is -2.33. The predicted molar refractivity (Wildman–Crippen MR) is 69.2 cm³/mol. The van der Waals surface area contributed by atoms with Gasteiger partial charge in [0.2, 0.25) is 11.8 Å². The molecule has 2 amide bonds. The summed E-state index contributed by atoms with van der Waals surface area (Å²) in [6, 6.07) is 0. The fraction of sp³-hybridized carbons (Fsp3) is 0.571. The summed E-state index contributed by atoms with van der Waals surface area (Å²) in [5.74, 6) is -0.456. The van der Waals surface area contributed by atoms with E-state index >= 15 is 0 Å². The van der Waals surface area contributed by atoms with Gasteiger partial charge in [-0.2, -0.15) is 0 Å². The third-order valence-electron chi connectivity index (χ3n) is 3.63. The van der Waals surface area contributed by atoms with E-state index in [1.807, 2.05) is 0 Å². The zero-order chi connectivity index (χ0) is 13.1. The molecule has 2 aliphatic rings. The van der Waals surface area contributed by atoms with Gasteiger partial charge in [-0.1, -0.05) is 23.3 Å². The molecule has 1 saturated heterocycles. The smallest absolute Gasteiger partial charge is 0.242 e. The minimum absolute atomic E-state index is 0.0487. The van der Waals surface area contributed by atoms with E-state index in [9.17, 15) is 9.59 Å². The molecule has 0 bridgehead atoms. The molecule has 0 radical (unpaired) electrons.